The normalized spacial score (nSPS) is 14.7. The molecule has 31 heavy (non-hydrogen) atoms. The number of pyridine rings is 1. The van der Waals surface area contributed by atoms with Gasteiger partial charge in [-0.3, -0.25) is 19.3 Å². The molecule has 0 aliphatic carbocycles. The number of fused-ring (bicyclic) bond motifs is 1. The van der Waals surface area contributed by atoms with E-state index in [4.69, 9.17) is 10.5 Å². The Labute approximate surface area is 180 Å². The largest absolute Gasteiger partial charge is 0.487 e. The first kappa shape index (κ1) is 20.6. The summed E-state index contributed by atoms with van der Waals surface area (Å²) in [4.78, 5) is 27.9. The molecule has 0 unspecified atom stereocenters. The molecule has 0 bridgehead atoms. The Bertz CT molecular complexity index is 1140. The van der Waals surface area contributed by atoms with Gasteiger partial charge in [-0.15, -0.1) is 0 Å². The van der Waals surface area contributed by atoms with Crippen LogP contribution in [0.25, 0.3) is 11.1 Å². The Kier molecular flexibility index (Phi) is 5.70. The molecule has 8 heteroatoms. The van der Waals surface area contributed by atoms with Gasteiger partial charge in [0.2, 0.25) is 11.8 Å². The fraction of sp³-hybridized carbons (Fsp3) is 0.304. The summed E-state index contributed by atoms with van der Waals surface area (Å²) in [5.41, 5.74) is 10.4. The average molecular weight is 419 g/mol. The smallest absolute Gasteiger partial charge is 0.250 e. The summed E-state index contributed by atoms with van der Waals surface area (Å²) in [5.74, 6) is 0.197. The third-order valence-corrected chi connectivity index (χ3v) is 5.34. The van der Waals surface area contributed by atoms with Gasteiger partial charge in [-0.1, -0.05) is 18.2 Å². The van der Waals surface area contributed by atoms with E-state index in [0.717, 1.165) is 33.8 Å². The number of hydrogen-bond acceptors (Lipinski definition) is 5. The molecule has 1 aliphatic heterocycles. The summed E-state index contributed by atoms with van der Waals surface area (Å²) >= 11 is 0. The predicted molar refractivity (Wildman–Crippen MR) is 116 cm³/mol. The summed E-state index contributed by atoms with van der Waals surface area (Å²) in [5, 5.41) is 7.34. The van der Waals surface area contributed by atoms with Crippen LogP contribution in [0.5, 0.6) is 5.75 Å². The fourth-order valence-electron chi connectivity index (χ4n) is 3.83. The van der Waals surface area contributed by atoms with Crippen molar-refractivity contribution >= 4 is 11.8 Å². The minimum Gasteiger partial charge on any atom is -0.487 e. The number of amides is 2. The lowest BCUT2D eigenvalue weighted by atomic mass is 10.0. The highest BCUT2D eigenvalue weighted by Crippen LogP contribution is 2.38. The van der Waals surface area contributed by atoms with Crippen molar-refractivity contribution in [2.24, 2.45) is 5.73 Å². The number of rotatable bonds is 7. The Balaban J connectivity index is 1.37. The van der Waals surface area contributed by atoms with E-state index in [1.165, 1.54) is 6.20 Å². The van der Waals surface area contributed by atoms with Gasteiger partial charge in [0, 0.05) is 48.6 Å². The van der Waals surface area contributed by atoms with Crippen LogP contribution in [0.2, 0.25) is 0 Å². The molecule has 0 saturated carbocycles. The third kappa shape index (κ3) is 4.58. The maximum Gasteiger partial charge on any atom is 0.250 e. The number of nitrogens with two attached hydrogens (primary N) is 1. The Morgan fingerprint density at radius 3 is 2.84 bits per heavy atom. The Morgan fingerprint density at radius 1 is 1.26 bits per heavy atom. The lowest BCUT2D eigenvalue weighted by Gasteiger charge is -2.14. The number of benzene rings is 1. The van der Waals surface area contributed by atoms with Crippen molar-refractivity contribution < 1.29 is 14.3 Å². The molecule has 1 aliphatic rings. The standard InChI is InChI=1S/C23H25N5O3/c1-14-8-15(2)28(27-14)7-6-21(29)26-13-19-10-16-4-3-5-20(22(16)31-19)17-9-18(23(24)30)12-25-11-17/h3-5,8-9,11-12,19H,6-7,10,13H2,1-2H3,(H2,24,30)(H,26,29)/t19-/m1/s1. The van der Waals surface area contributed by atoms with Gasteiger partial charge in [0.15, 0.2) is 0 Å². The number of carbonyl (C=O) groups is 2. The molecule has 0 spiro atoms. The highest BCUT2D eigenvalue weighted by molar-refractivity contribution is 5.94. The van der Waals surface area contributed by atoms with Crippen molar-refractivity contribution in [1.82, 2.24) is 20.1 Å². The number of primary amides is 1. The van der Waals surface area contributed by atoms with Crippen molar-refractivity contribution in [3.63, 3.8) is 0 Å². The first-order valence-corrected chi connectivity index (χ1v) is 10.2. The molecule has 0 fully saturated rings. The molecule has 3 N–H and O–H groups in total. The summed E-state index contributed by atoms with van der Waals surface area (Å²) in [6.45, 7) is 4.88. The van der Waals surface area contributed by atoms with E-state index in [1.54, 1.807) is 12.3 Å². The molecule has 2 amide bonds. The highest BCUT2D eigenvalue weighted by Gasteiger charge is 2.26. The number of ether oxygens (including phenoxy) is 1. The average Bonchev–Trinajstić information content (AvgIpc) is 3.32. The van der Waals surface area contributed by atoms with E-state index in [0.29, 0.717) is 31.5 Å². The topological polar surface area (TPSA) is 112 Å². The van der Waals surface area contributed by atoms with Gasteiger partial charge in [0.1, 0.15) is 11.9 Å². The summed E-state index contributed by atoms with van der Waals surface area (Å²) in [6, 6.07) is 9.59. The molecular formula is C23H25N5O3. The maximum atomic E-state index is 12.3. The summed E-state index contributed by atoms with van der Waals surface area (Å²) < 4.78 is 8.00. The van der Waals surface area contributed by atoms with E-state index in [9.17, 15) is 9.59 Å². The predicted octanol–water partition coefficient (Wildman–Crippen LogP) is 2.17. The van der Waals surface area contributed by atoms with Crippen LogP contribution in [0, 0.1) is 13.8 Å². The monoisotopic (exact) mass is 419 g/mol. The molecule has 4 rings (SSSR count). The van der Waals surface area contributed by atoms with Crippen LogP contribution >= 0.6 is 0 Å². The van der Waals surface area contributed by atoms with E-state index >= 15 is 0 Å². The van der Waals surface area contributed by atoms with Crippen LogP contribution in [0.1, 0.15) is 33.7 Å². The van der Waals surface area contributed by atoms with Gasteiger partial charge in [-0.25, -0.2) is 0 Å². The number of nitrogens with zero attached hydrogens (tertiary/aromatic N) is 3. The number of aryl methyl sites for hydroxylation is 3. The van der Waals surface area contributed by atoms with Gasteiger partial charge < -0.3 is 15.8 Å². The van der Waals surface area contributed by atoms with Crippen LogP contribution in [0.4, 0.5) is 0 Å². The Morgan fingerprint density at radius 2 is 2.10 bits per heavy atom. The molecular weight excluding hydrogens is 394 g/mol. The summed E-state index contributed by atoms with van der Waals surface area (Å²) in [6.07, 6.45) is 4.03. The molecule has 1 aromatic carbocycles. The zero-order valence-electron chi connectivity index (χ0n) is 17.6. The van der Waals surface area contributed by atoms with Crippen molar-refractivity contribution in [1.29, 1.82) is 0 Å². The number of carbonyl (C=O) groups excluding carboxylic acids is 2. The van der Waals surface area contributed by atoms with Crippen LogP contribution < -0.4 is 15.8 Å². The molecule has 8 nitrogen and oxygen atoms in total. The van der Waals surface area contributed by atoms with Gasteiger partial charge >= 0.3 is 0 Å². The second-order valence-corrected chi connectivity index (χ2v) is 7.77. The summed E-state index contributed by atoms with van der Waals surface area (Å²) in [7, 11) is 0. The van der Waals surface area contributed by atoms with E-state index in [2.05, 4.69) is 15.4 Å². The van der Waals surface area contributed by atoms with Gasteiger partial charge in [0.05, 0.1) is 17.8 Å². The quantitative estimate of drug-likeness (QED) is 0.610. The highest BCUT2D eigenvalue weighted by atomic mass is 16.5. The van der Waals surface area contributed by atoms with Crippen molar-refractivity contribution in [3.8, 4) is 16.9 Å². The maximum absolute atomic E-state index is 12.3. The van der Waals surface area contributed by atoms with E-state index < -0.39 is 5.91 Å². The zero-order valence-corrected chi connectivity index (χ0v) is 17.6. The van der Waals surface area contributed by atoms with E-state index in [1.807, 2.05) is 42.8 Å². The number of nitrogens with one attached hydrogen (secondary N) is 1. The molecule has 160 valence electrons. The second-order valence-electron chi connectivity index (χ2n) is 7.77. The zero-order chi connectivity index (χ0) is 22.0. The molecule has 2 aromatic heterocycles. The van der Waals surface area contributed by atoms with Crippen LogP contribution in [-0.2, 0) is 17.8 Å². The fourth-order valence-corrected chi connectivity index (χ4v) is 3.83. The van der Waals surface area contributed by atoms with Crippen LogP contribution in [-0.4, -0.2) is 39.2 Å². The molecule has 3 aromatic rings. The molecule has 1 atom stereocenters. The molecule has 3 heterocycles. The lowest BCUT2D eigenvalue weighted by Crippen LogP contribution is -2.34. The second kappa shape index (κ2) is 8.59. The van der Waals surface area contributed by atoms with Crippen molar-refractivity contribution in [3.05, 3.63) is 65.2 Å². The first-order valence-electron chi connectivity index (χ1n) is 10.2. The van der Waals surface area contributed by atoms with Crippen LogP contribution in [0.15, 0.2) is 42.7 Å². The van der Waals surface area contributed by atoms with Crippen molar-refractivity contribution in [2.75, 3.05) is 6.54 Å². The molecule has 0 radical (unpaired) electrons. The number of hydrogen-bond donors (Lipinski definition) is 2. The molecule has 0 saturated heterocycles. The van der Waals surface area contributed by atoms with Gasteiger partial charge in [0.25, 0.3) is 0 Å². The minimum absolute atomic E-state index is 0.0364. The first-order chi connectivity index (χ1) is 14.9. The number of aromatic nitrogens is 3. The third-order valence-electron chi connectivity index (χ3n) is 5.34. The van der Waals surface area contributed by atoms with E-state index in [-0.39, 0.29) is 12.0 Å². The van der Waals surface area contributed by atoms with Gasteiger partial charge in [-0.05, 0) is 31.5 Å². The lowest BCUT2D eigenvalue weighted by molar-refractivity contribution is -0.121. The van der Waals surface area contributed by atoms with Crippen molar-refractivity contribution in [2.45, 2.75) is 39.3 Å². The van der Waals surface area contributed by atoms with Gasteiger partial charge in [-0.2, -0.15) is 5.10 Å². The number of para-hydroxylation sites is 1. The van der Waals surface area contributed by atoms with Crippen LogP contribution in [0.3, 0.4) is 0 Å². The Hall–Kier alpha value is -3.68. The minimum atomic E-state index is -0.524. The SMILES string of the molecule is Cc1cc(C)n(CCC(=O)NC[C@H]2Cc3cccc(-c4cncc(C(N)=O)c4)c3O2)n1.